The second-order valence-corrected chi connectivity index (χ2v) is 10.7. The Hall–Kier alpha value is -2.01. The molecule has 0 N–H and O–H groups in total. The van der Waals surface area contributed by atoms with Gasteiger partial charge in [-0.2, -0.15) is 4.31 Å². The third-order valence-electron chi connectivity index (χ3n) is 4.76. The van der Waals surface area contributed by atoms with Gasteiger partial charge >= 0.3 is 0 Å². The quantitative estimate of drug-likeness (QED) is 0.623. The molecule has 0 radical (unpaired) electrons. The van der Waals surface area contributed by atoms with Crippen LogP contribution >= 0.6 is 0 Å². The zero-order valence-corrected chi connectivity index (χ0v) is 17.9. The van der Waals surface area contributed by atoms with Crippen LogP contribution in [0.1, 0.15) is 18.4 Å². The maximum absolute atomic E-state index is 13.2. The maximum atomic E-state index is 13.2. The minimum absolute atomic E-state index is 0.112. The molecule has 0 bridgehead atoms. The van der Waals surface area contributed by atoms with E-state index in [-0.39, 0.29) is 30.3 Å². The lowest BCUT2D eigenvalue weighted by Crippen LogP contribution is -2.38. The second-order valence-electron chi connectivity index (χ2n) is 6.78. The Labute approximate surface area is 172 Å². The van der Waals surface area contributed by atoms with Crippen LogP contribution in [-0.4, -0.2) is 58.7 Å². The van der Waals surface area contributed by atoms with Crippen LogP contribution in [0.4, 0.5) is 5.69 Å². The molecule has 10 heteroatoms. The van der Waals surface area contributed by atoms with E-state index < -0.39 is 20.0 Å². The Morgan fingerprint density at radius 3 is 2.41 bits per heavy atom. The Kier molecular flexibility index (Phi) is 6.89. The number of rotatable bonds is 8. The van der Waals surface area contributed by atoms with Crippen LogP contribution in [-0.2, 0) is 31.3 Å². The molecular formula is C19H25N3O5S2. The maximum Gasteiger partial charge on any atom is 0.243 e. The van der Waals surface area contributed by atoms with Crippen molar-refractivity contribution in [2.75, 3.05) is 36.9 Å². The summed E-state index contributed by atoms with van der Waals surface area (Å²) >= 11 is 0. The fourth-order valence-electron chi connectivity index (χ4n) is 3.18. The Bertz CT molecular complexity index is 1010. The summed E-state index contributed by atoms with van der Waals surface area (Å²) in [4.78, 5) is 4.07. The molecule has 8 nitrogen and oxygen atoms in total. The highest BCUT2D eigenvalue weighted by Gasteiger charge is 2.28. The van der Waals surface area contributed by atoms with E-state index in [1.807, 2.05) is 0 Å². The highest BCUT2D eigenvalue weighted by atomic mass is 32.2. The zero-order chi connectivity index (χ0) is 20.9. The SMILES string of the molecule is COCCN(Cc1ccncc1)S(=O)(=O)c1ccc(N2CCCCS2(=O)=O)cc1. The minimum Gasteiger partial charge on any atom is -0.383 e. The third-order valence-corrected chi connectivity index (χ3v) is 8.49. The van der Waals surface area contributed by atoms with Crippen molar-refractivity contribution in [2.45, 2.75) is 24.3 Å². The van der Waals surface area contributed by atoms with Crippen LogP contribution in [0.25, 0.3) is 0 Å². The first-order valence-corrected chi connectivity index (χ1v) is 12.4. The van der Waals surface area contributed by atoms with Crippen LogP contribution in [0.5, 0.6) is 0 Å². The van der Waals surface area contributed by atoms with Crippen molar-refractivity contribution in [1.82, 2.24) is 9.29 Å². The summed E-state index contributed by atoms with van der Waals surface area (Å²) < 4.78 is 58.7. The highest BCUT2D eigenvalue weighted by Crippen LogP contribution is 2.26. The average Bonchev–Trinajstić information content (AvgIpc) is 2.71. The van der Waals surface area contributed by atoms with Crippen molar-refractivity contribution >= 4 is 25.7 Å². The van der Waals surface area contributed by atoms with Gasteiger partial charge in [-0.05, 0) is 54.8 Å². The molecule has 2 aromatic rings. The normalized spacial score (nSPS) is 16.8. The van der Waals surface area contributed by atoms with E-state index in [0.29, 0.717) is 18.7 Å². The number of ether oxygens (including phenoxy) is 1. The number of hydrogen-bond donors (Lipinski definition) is 0. The number of benzene rings is 1. The zero-order valence-electron chi connectivity index (χ0n) is 16.3. The summed E-state index contributed by atoms with van der Waals surface area (Å²) in [6, 6.07) is 9.55. The molecule has 0 amide bonds. The number of pyridine rings is 1. The molecule has 0 spiro atoms. The van der Waals surface area contributed by atoms with Crippen molar-refractivity contribution in [2.24, 2.45) is 0 Å². The summed E-state index contributed by atoms with van der Waals surface area (Å²) in [6.45, 7) is 1.06. The Balaban J connectivity index is 1.85. The van der Waals surface area contributed by atoms with Gasteiger partial charge in [0.15, 0.2) is 0 Å². The van der Waals surface area contributed by atoms with Gasteiger partial charge in [-0.3, -0.25) is 9.29 Å². The molecule has 0 unspecified atom stereocenters. The van der Waals surface area contributed by atoms with Gasteiger partial charge in [0.05, 0.1) is 22.9 Å². The van der Waals surface area contributed by atoms with Crippen molar-refractivity contribution in [3.63, 3.8) is 0 Å². The number of hydrogen-bond acceptors (Lipinski definition) is 6. The van der Waals surface area contributed by atoms with Crippen molar-refractivity contribution in [1.29, 1.82) is 0 Å². The van der Waals surface area contributed by atoms with Gasteiger partial charge in [-0.15, -0.1) is 0 Å². The molecule has 0 saturated carbocycles. The Morgan fingerprint density at radius 1 is 1.10 bits per heavy atom. The van der Waals surface area contributed by atoms with Crippen molar-refractivity contribution < 1.29 is 21.6 Å². The summed E-state index contributed by atoms with van der Waals surface area (Å²) in [7, 11) is -5.61. The van der Waals surface area contributed by atoms with Crippen LogP contribution in [0.15, 0.2) is 53.7 Å². The van der Waals surface area contributed by atoms with Crippen molar-refractivity contribution in [3.8, 4) is 0 Å². The highest BCUT2D eigenvalue weighted by molar-refractivity contribution is 7.92. The topological polar surface area (TPSA) is 96.9 Å². The summed E-state index contributed by atoms with van der Waals surface area (Å²) in [6.07, 6.45) is 4.67. The van der Waals surface area contributed by atoms with Gasteiger partial charge < -0.3 is 4.74 Å². The molecule has 1 aliphatic heterocycles. The van der Waals surface area contributed by atoms with E-state index in [2.05, 4.69) is 4.98 Å². The van der Waals surface area contributed by atoms with Crippen LogP contribution in [0, 0.1) is 0 Å². The lowest BCUT2D eigenvalue weighted by molar-refractivity contribution is 0.177. The third kappa shape index (κ3) is 5.13. The van der Waals surface area contributed by atoms with E-state index in [9.17, 15) is 16.8 Å². The molecule has 0 atom stereocenters. The van der Waals surface area contributed by atoms with Gasteiger partial charge in [0.2, 0.25) is 20.0 Å². The molecule has 2 heterocycles. The molecule has 29 heavy (non-hydrogen) atoms. The van der Waals surface area contributed by atoms with E-state index in [0.717, 1.165) is 12.0 Å². The summed E-state index contributed by atoms with van der Waals surface area (Å²) in [5, 5.41) is 0. The van der Waals surface area contributed by atoms with E-state index >= 15 is 0 Å². The van der Waals surface area contributed by atoms with Crippen LogP contribution in [0.2, 0.25) is 0 Å². The van der Waals surface area contributed by atoms with Crippen molar-refractivity contribution in [3.05, 3.63) is 54.4 Å². The van der Waals surface area contributed by atoms with E-state index in [1.54, 1.807) is 36.7 Å². The molecule has 1 saturated heterocycles. The summed E-state index contributed by atoms with van der Waals surface area (Å²) in [5.41, 5.74) is 1.30. The molecular weight excluding hydrogens is 414 g/mol. The lowest BCUT2D eigenvalue weighted by atomic mass is 10.3. The molecule has 1 aromatic carbocycles. The standard InChI is InChI=1S/C19H25N3O5S2/c1-27-14-13-21(16-17-8-10-20-11-9-17)29(25,26)19-6-4-18(5-7-19)22-12-2-3-15-28(22,23)24/h4-11H,2-3,12-16H2,1H3. The largest absolute Gasteiger partial charge is 0.383 e. The van der Waals surface area contributed by atoms with E-state index in [4.69, 9.17) is 4.74 Å². The monoisotopic (exact) mass is 439 g/mol. The number of anilines is 1. The molecule has 158 valence electrons. The number of sulfonamides is 2. The van der Waals surface area contributed by atoms with E-state index in [1.165, 1.54) is 27.9 Å². The molecule has 1 aromatic heterocycles. The first-order valence-electron chi connectivity index (χ1n) is 9.33. The van der Waals surface area contributed by atoms with Gasteiger partial charge in [-0.25, -0.2) is 16.8 Å². The van der Waals surface area contributed by atoms with Gasteiger partial charge in [-0.1, -0.05) is 0 Å². The van der Waals surface area contributed by atoms with Crippen LogP contribution in [0.3, 0.4) is 0 Å². The minimum atomic E-state index is -3.78. The predicted octanol–water partition coefficient (Wildman–Crippen LogP) is 1.85. The van der Waals surface area contributed by atoms with Gasteiger partial charge in [0.25, 0.3) is 0 Å². The fraction of sp³-hybridized carbons (Fsp3) is 0.421. The Morgan fingerprint density at radius 2 is 1.79 bits per heavy atom. The molecule has 1 aliphatic rings. The number of aromatic nitrogens is 1. The molecule has 0 aliphatic carbocycles. The second kappa shape index (κ2) is 9.21. The smallest absolute Gasteiger partial charge is 0.243 e. The first-order chi connectivity index (χ1) is 13.8. The lowest BCUT2D eigenvalue weighted by Gasteiger charge is -2.28. The predicted molar refractivity (Wildman–Crippen MR) is 111 cm³/mol. The average molecular weight is 440 g/mol. The van der Waals surface area contributed by atoms with Gasteiger partial charge in [0, 0.05) is 39.1 Å². The number of nitrogens with zero attached hydrogens (tertiary/aromatic N) is 3. The fourth-order valence-corrected chi connectivity index (χ4v) is 6.23. The summed E-state index contributed by atoms with van der Waals surface area (Å²) in [5.74, 6) is 0.115. The molecule has 3 rings (SSSR count). The number of methoxy groups -OCH3 is 1. The van der Waals surface area contributed by atoms with Crippen LogP contribution < -0.4 is 4.31 Å². The first kappa shape index (κ1) is 21.7. The molecule has 1 fully saturated rings. The van der Waals surface area contributed by atoms with Gasteiger partial charge in [0.1, 0.15) is 0 Å².